The van der Waals surface area contributed by atoms with Crippen LogP contribution in [0, 0.1) is 5.82 Å². The van der Waals surface area contributed by atoms with Gasteiger partial charge in [-0.3, -0.25) is 4.98 Å². The zero-order chi connectivity index (χ0) is 16.6. The van der Waals surface area contributed by atoms with Crippen LogP contribution in [0.5, 0.6) is 0 Å². The van der Waals surface area contributed by atoms with Crippen molar-refractivity contribution < 1.29 is 14.3 Å². The molecule has 0 atom stereocenters. The van der Waals surface area contributed by atoms with Gasteiger partial charge in [0.25, 0.3) is 0 Å². The van der Waals surface area contributed by atoms with E-state index < -0.39 is 11.8 Å². The molecule has 1 aromatic heterocycles. The van der Waals surface area contributed by atoms with Crippen LogP contribution in [0.25, 0.3) is 22.0 Å². The number of hydrogen-bond donors (Lipinski definition) is 1. The minimum atomic E-state index is -1.04. The van der Waals surface area contributed by atoms with E-state index in [9.17, 15) is 14.3 Å². The number of carboxylic acids is 1. The summed E-state index contributed by atoms with van der Waals surface area (Å²) in [6.45, 7) is 1.98. The highest BCUT2D eigenvalue weighted by molar-refractivity contribution is 6.33. The van der Waals surface area contributed by atoms with Crippen molar-refractivity contribution in [3.8, 4) is 11.3 Å². The molecule has 0 amide bonds. The summed E-state index contributed by atoms with van der Waals surface area (Å²) in [5.74, 6) is -1.53. The molecule has 3 nitrogen and oxygen atoms in total. The van der Waals surface area contributed by atoms with Crippen molar-refractivity contribution in [2.45, 2.75) is 13.3 Å². The number of aromatic nitrogens is 1. The van der Waals surface area contributed by atoms with Gasteiger partial charge in [0.1, 0.15) is 5.82 Å². The summed E-state index contributed by atoms with van der Waals surface area (Å²) in [5.41, 5.74) is 1.63. The van der Waals surface area contributed by atoms with E-state index in [1.165, 1.54) is 24.3 Å². The minimum Gasteiger partial charge on any atom is -0.478 e. The van der Waals surface area contributed by atoms with Crippen LogP contribution in [0.15, 0.2) is 42.6 Å². The second-order valence-corrected chi connectivity index (χ2v) is 5.55. The molecule has 0 aliphatic heterocycles. The first-order chi connectivity index (χ1) is 11.0. The number of halogens is 2. The summed E-state index contributed by atoms with van der Waals surface area (Å²) in [4.78, 5) is 15.6. The maximum absolute atomic E-state index is 14.3. The summed E-state index contributed by atoms with van der Waals surface area (Å²) in [6.07, 6.45) is 2.42. The highest BCUT2D eigenvalue weighted by Crippen LogP contribution is 2.35. The summed E-state index contributed by atoms with van der Waals surface area (Å²) in [5, 5.41) is 10.9. The Balaban J connectivity index is 2.41. The molecule has 0 fully saturated rings. The van der Waals surface area contributed by atoms with Gasteiger partial charge in [-0.25, -0.2) is 9.18 Å². The van der Waals surface area contributed by atoms with Crippen LogP contribution in [0.4, 0.5) is 4.39 Å². The normalized spacial score (nSPS) is 10.9. The molecule has 3 aromatic rings. The van der Waals surface area contributed by atoms with Gasteiger partial charge in [-0.15, -0.1) is 0 Å². The number of aromatic carboxylic acids is 1. The lowest BCUT2D eigenvalue weighted by Crippen LogP contribution is -1.99. The fourth-order valence-corrected chi connectivity index (χ4v) is 2.89. The quantitative estimate of drug-likeness (QED) is 0.739. The molecule has 3 rings (SSSR count). The monoisotopic (exact) mass is 329 g/mol. The molecule has 1 N–H and O–H groups in total. The van der Waals surface area contributed by atoms with Gasteiger partial charge in [-0.05, 0) is 41.6 Å². The summed E-state index contributed by atoms with van der Waals surface area (Å²) in [7, 11) is 0. The molecule has 0 saturated carbocycles. The maximum atomic E-state index is 14.3. The average molecular weight is 330 g/mol. The average Bonchev–Trinajstić information content (AvgIpc) is 2.54. The largest absolute Gasteiger partial charge is 0.478 e. The van der Waals surface area contributed by atoms with E-state index in [2.05, 4.69) is 4.98 Å². The molecule has 0 spiro atoms. The highest BCUT2D eigenvalue weighted by Gasteiger charge is 2.17. The second-order valence-electron chi connectivity index (χ2n) is 5.15. The van der Waals surface area contributed by atoms with Crippen molar-refractivity contribution in [3.05, 3.63) is 64.6 Å². The van der Waals surface area contributed by atoms with Crippen LogP contribution in [0.2, 0.25) is 5.02 Å². The summed E-state index contributed by atoms with van der Waals surface area (Å²) < 4.78 is 14.3. The third kappa shape index (κ3) is 2.66. The van der Waals surface area contributed by atoms with Gasteiger partial charge < -0.3 is 5.11 Å². The standard InChI is InChI=1S/C18H13ClFNO2/c1-2-10-9-21-17(16-14(19)4-3-5-15(16)20)13-8-11(18(22)23)6-7-12(10)13/h3-9H,2H2,1H3,(H,22,23). The number of hydrogen-bond acceptors (Lipinski definition) is 2. The summed E-state index contributed by atoms with van der Waals surface area (Å²) in [6, 6.07) is 9.20. The first-order valence-electron chi connectivity index (χ1n) is 7.12. The van der Waals surface area contributed by atoms with Crippen LogP contribution in [0.3, 0.4) is 0 Å². The van der Waals surface area contributed by atoms with E-state index in [1.807, 2.05) is 6.92 Å². The fraction of sp³-hybridized carbons (Fsp3) is 0.111. The zero-order valence-electron chi connectivity index (χ0n) is 12.3. The van der Waals surface area contributed by atoms with Gasteiger partial charge in [-0.1, -0.05) is 30.7 Å². The molecule has 5 heteroatoms. The number of fused-ring (bicyclic) bond motifs is 1. The molecule has 0 unspecified atom stereocenters. The SMILES string of the molecule is CCc1cnc(-c2c(F)cccc2Cl)c2cc(C(=O)O)ccc12. The predicted octanol–water partition coefficient (Wildman–Crippen LogP) is 4.95. The molecular weight excluding hydrogens is 317 g/mol. The molecule has 2 aromatic carbocycles. The van der Waals surface area contributed by atoms with Gasteiger partial charge in [0.05, 0.1) is 21.8 Å². The first-order valence-corrected chi connectivity index (χ1v) is 7.50. The van der Waals surface area contributed by atoms with E-state index in [0.717, 1.165) is 17.4 Å². The van der Waals surface area contributed by atoms with E-state index in [0.29, 0.717) is 11.1 Å². The van der Waals surface area contributed by atoms with Crippen molar-refractivity contribution >= 4 is 28.3 Å². The Bertz CT molecular complexity index is 904. The molecule has 0 bridgehead atoms. The van der Waals surface area contributed by atoms with Crippen LogP contribution < -0.4 is 0 Å². The Kier molecular flexibility index (Phi) is 4.01. The van der Waals surface area contributed by atoms with E-state index in [1.54, 1.807) is 18.3 Å². The van der Waals surface area contributed by atoms with E-state index in [4.69, 9.17) is 11.6 Å². The van der Waals surface area contributed by atoms with Gasteiger partial charge in [-0.2, -0.15) is 0 Å². The molecule has 0 aliphatic carbocycles. The molecule has 23 heavy (non-hydrogen) atoms. The molecular formula is C18H13ClFNO2. The van der Waals surface area contributed by atoms with Crippen molar-refractivity contribution in [3.63, 3.8) is 0 Å². The summed E-state index contributed by atoms with van der Waals surface area (Å²) >= 11 is 6.14. The lowest BCUT2D eigenvalue weighted by Gasteiger charge is -2.12. The van der Waals surface area contributed by atoms with Crippen molar-refractivity contribution in [1.29, 1.82) is 0 Å². The Morgan fingerprint density at radius 1 is 1.26 bits per heavy atom. The number of carbonyl (C=O) groups is 1. The lowest BCUT2D eigenvalue weighted by atomic mass is 9.97. The Labute approximate surface area is 137 Å². The highest BCUT2D eigenvalue weighted by atomic mass is 35.5. The third-order valence-electron chi connectivity index (χ3n) is 3.80. The van der Waals surface area contributed by atoms with Crippen LogP contribution >= 0.6 is 11.6 Å². The number of nitrogens with zero attached hydrogens (tertiary/aromatic N) is 1. The third-order valence-corrected chi connectivity index (χ3v) is 4.11. The van der Waals surface area contributed by atoms with Crippen LogP contribution in [0.1, 0.15) is 22.8 Å². The smallest absolute Gasteiger partial charge is 0.335 e. The van der Waals surface area contributed by atoms with Crippen molar-refractivity contribution in [1.82, 2.24) is 4.98 Å². The first kappa shape index (κ1) is 15.4. The number of pyridine rings is 1. The topological polar surface area (TPSA) is 50.2 Å². The fourth-order valence-electron chi connectivity index (χ4n) is 2.64. The molecule has 0 radical (unpaired) electrons. The number of rotatable bonds is 3. The zero-order valence-corrected chi connectivity index (χ0v) is 13.1. The van der Waals surface area contributed by atoms with Crippen molar-refractivity contribution in [2.24, 2.45) is 0 Å². The van der Waals surface area contributed by atoms with Gasteiger partial charge in [0.2, 0.25) is 0 Å². The number of aryl methyl sites for hydroxylation is 1. The molecule has 1 heterocycles. The van der Waals surface area contributed by atoms with Crippen LogP contribution in [-0.2, 0) is 6.42 Å². The van der Waals surface area contributed by atoms with Crippen LogP contribution in [-0.4, -0.2) is 16.1 Å². The molecule has 0 saturated heterocycles. The van der Waals surface area contributed by atoms with E-state index >= 15 is 0 Å². The Morgan fingerprint density at radius 3 is 2.70 bits per heavy atom. The van der Waals surface area contributed by atoms with Gasteiger partial charge in [0, 0.05) is 11.6 Å². The maximum Gasteiger partial charge on any atom is 0.335 e. The van der Waals surface area contributed by atoms with Crippen molar-refractivity contribution in [2.75, 3.05) is 0 Å². The predicted molar refractivity (Wildman–Crippen MR) is 88.5 cm³/mol. The molecule has 0 aliphatic rings. The molecule has 116 valence electrons. The number of carboxylic acid groups (broad SMARTS) is 1. The Morgan fingerprint density at radius 2 is 2.04 bits per heavy atom. The van der Waals surface area contributed by atoms with Gasteiger partial charge in [0.15, 0.2) is 0 Å². The number of benzene rings is 2. The lowest BCUT2D eigenvalue weighted by molar-refractivity contribution is 0.0697. The van der Waals surface area contributed by atoms with E-state index in [-0.39, 0.29) is 16.1 Å². The minimum absolute atomic E-state index is 0.126. The second kappa shape index (κ2) is 5.97. The van der Waals surface area contributed by atoms with Gasteiger partial charge >= 0.3 is 5.97 Å². The Hall–Kier alpha value is -2.46.